The SMILES string of the molecule is CCOC(=O)c1c[nH]c(C(N)=O)c1-c1ccc([N+](=O)[O-])c(Cl)c1. The van der Waals surface area contributed by atoms with E-state index >= 15 is 0 Å². The van der Waals surface area contributed by atoms with Crippen molar-refractivity contribution in [1.29, 1.82) is 0 Å². The van der Waals surface area contributed by atoms with Gasteiger partial charge in [0.1, 0.15) is 10.7 Å². The van der Waals surface area contributed by atoms with Crippen LogP contribution in [0.4, 0.5) is 5.69 Å². The molecule has 1 amide bonds. The molecule has 120 valence electrons. The molecule has 0 saturated carbocycles. The number of nitrogens with one attached hydrogen (secondary N) is 1. The molecule has 9 heteroatoms. The second-order valence-corrected chi connectivity index (χ2v) is 4.87. The van der Waals surface area contributed by atoms with Crippen molar-refractivity contribution in [3.8, 4) is 11.1 Å². The normalized spacial score (nSPS) is 10.3. The van der Waals surface area contributed by atoms with E-state index < -0.39 is 16.8 Å². The van der Waals surface area contributed by atoms with Crippen molar-refractivity contribution >= 4 is 29.2 Å². The average molecular weight is 338 g/mol. The number of aromatic nitrogens is 1. The zero-order chi connectivity index (χ0) is 17.1. The smallest absolute Gasteiger partial charge is 0.340 e. The van der Waals surface area contributed by atoms with Crippen LogP contribution in [0, 0.1) is 10.1 Å². The number of amides is 1. The first-order valence-electron chi connectivity index (χ1n) is 6.49. The molecule has 2 rings (SSSR count). The van der Waals surface area contributed by atoms with Gasteiger partial charge in [-0.2, -0.15) is 0 Å². The third-order valence-electron chi connectivity index (χ3n) is 3.05. The molecule has 0 fully saturated rings. The number of nitrogens with two attached hydrogens (primary N) is 1. The molecule has 8 nitrogen and oxygen atoms in total. The Morgan fingerprint density at radius 1 is 1.43 bits per heavy atom. The lowest BCUT2D eigenvalue weighted by molar-refractivity contribution is -0.384. The maximum absolute atomic E-state index is 12.0. The lowest BCUT2D eigenvalue weighted by atomic mass is 10.0. The van der Waals surface area contributed by atoms with Crippen molar-refractivity contribution in [2.45, 2.75) is 6.92 Å². The number of ether oxygens (including phenoxy) is 1. The van der Waals surface area contributed by atoms with Crippen LogP contribution in [0.15, 0.2) is 24.4 Å². The third kappa shape index (κ3) is 3.16. The number of esters is 1. The van der Waals surface area contributed by atoms with Crippen LogP contribution in [0.2, 0.25) is 5.02 Å². The molecule has 1 heterocycles. The number of carbonyl (C=O) groups is 2. The fraction of sp³-hybridized carbons (Fsp3) is 0.143. The van der Waals surface area contributed by atoms with Crippen LogP contribution in [0.25, 0.3) is 11.1 Å². The number of hydrogen-bond donors (Lipinski definition) is 2. The van der Waals surface area contributed by atoms with Gasteiger partial charge >= 0.3 is 5.97 Å². The van der Waals surface area contributed by atoms with Crippen LogP contribution < -0.4 is 5.73 Å². The van der Waals surface area contributed by atoms with Crippen LogP contribution in [0.1, 0.15) is 27.8 Å². The number of primary amides is 1. The van der Waals surface area contributed by atoms with Gasteiger partial charge in [-0.3, -0.25) is 14.9 Å². The van der Waals surface area contributed by atoms with Crippen LogP contribution in [-0.4, -0.2) is 28.4 Å². The fourth-order valence-corrected chi connectivity index (χ4v) is 2.35. The van der Waals surface area contributed by atoms with Gasteiger partial charge < -0.3 is 15.5 Å². The summed E-state index contributed by atoms with van der Waals surface area (Å²) in [7, 11) is 0. The molecule has 0 unspecified atom stereocenters. The molecule has 0 aliphatic rings. The van der Waals surface area contributed by atoms with Crippen molar-refractivity contribution in [2.24, 2.45) is 5.73 Å². The monoisotopic (exact) mass is 337 g/mol. The number of carbonyl (C=O) groups excluding carboxylic acids is 2. The molecule has 1 aromatic heterocycles. The number of rotatable bonds is 5. The molecule has 0 spiro atoms. The number of benzene rings is 1. The molecule has 0 aliphatic heterocycles. The maximum Gasteiger partial charge on any atom is 0.340 e. The summed E-state index contributed by atoms with van der Waals surface area (Å²) >= 11 is 5.88. The number of hydrogen-bond acceptors (Lipinski definition) is 5. The Labute approximate surface area is 135 Å². The van der Waals surface area contributed by atoms with Gasteiger partial charge in [0.25, 0.3) is 11.6 Å². The second kappa shape index (κ2) is 6.49. The number of nitro benzene ring substituents is 1. The summed E-state index contributed by atoms with van der Waals surface area (Å²) in [5.41, 5.74) is 5.60. The largest absolute Gasteiger partial charge is 0.462 e. The summed E-state index contributed by atoms with van der Waals surface area (Å²) < 4.78 is 4.92. The van der Waals surface area contributed by atoms with Crippen molar-refractivity contribution in [1.82, 2.24) is 4.98 Å². The molecule has 0 saturated heterocycles. The minimum atomic E-state index is -0.787. The molecule has 0 bridgehead atoms. The minimum absolute atomic E-state index is 0.0158. The first-order chi connectivity index (χ1) is 10.9. The van der Waals surface area contributed by atoms with Gasteiger partial charge in [0.2, 0.25) is 0 Å². The van der Waals surface area contributed by atoms with Crippen LogP contribution in [-0.2, 0) is 4.74 Å². The van der Waals surface area contributed by atoms with Gasteiger partial charge in [-0.15, -0.1) is 0 Å². The van der Waals surface area contributed by atoms with Crippen LogP contribution in [0.5, 0.6) is 0 Å². The van der Waals surface area contributed by atoms with Gasteiger partial charge in [-0.25, -0.2) is 4.79 Å². The molecule has 0 aliphatic carbocycles. The standard InChI is InChI=1S/C14H12ClN3O5/c1-2-23-14(20)8-6-17-12(13(16)19)11(8)7-3-4-10(18(21)22)9(15)5-7/h3-6,17H,2H2,1H3,(H2,16,19). The van der Waals surface area contributed by atoms with E-state index in [1.165, 1.54) is 24.4 Å². The maximum atomic E-state index is 12.0. The number of nitrogens with zero attached hydrogens (tertiary/aromatic N) is 1. The molecule has 0 radical (unpaired) electrons. The predicted octanol–water partition coefficient (Wildman–Crippen LogP) is 2.52. The number of halogens is 1. The lowest BCUT2D eigenvalue weighted by Crippen LogP contribution is -2.13. The highest BCUT2D eigenvalue weighted by Crippen LogP contribution is 2.34. The van der Waals surface area contributed by atoms with Gasteiger partial charge in [0.15, 0.2) is 0 Å². The Bertz CT molecular complexity index is 800. The van der Waals surface area contributed by atoms with E-state index in [1.807, 2.05) is 0 Å². The third-order valence-corrected chi connectivity index (χ3v) is 3.36. The van der Waals surface area contributed by atoms with Crippen molar-refractivity contribution in [3.63, 3.8) is 0 Å². The Morgan fingerprint density at radius 3 is 2.65 bits per heavy atom. The number of H-pyrrole nitrogens is 1. The average Bonchev–Trinajstić information content (AvgIpc) is 2.92. The zero-order valence-electron chi connectivity index (χ0n) is 12.0. The van der Waals surface area contributed by atoms with Crippen LogP contribution in [0.3, 0.4) is 0 Å². The van der Waals surface area contributed by atoms with Gasteiger partial charge in [-0.05, 0) is 24.6 Å². The molecule has 3 N–H and O–H groups in total. The summed E-state index contributed by atoms with van der Waals surface area (Å²) in [6.07, 6.45) is 1.29. The zero-order valence-corrected chi connectivity index (χ0v) is 12.7. The van der Waals surface area contributed by atoms with E-state index in [9.17, 15) is 19.7 Å². The van der Waals surface area contributed by atoms with Crippen molar-refractivity contribution < 1.29 is 19.2 Å². The van der Waals surface area contributed by atoms with Gasteiger partial charge in [0, 0.05) is 17.8 Å². The lowest BCUT2D eigenvalue weighted by Gasteiger charge is -2.07. The second-order valence-electron chi connectivity index (χ2n) is 4.46. The van der Waals surface area contributed by atoms with Crippen LogP contribution >= 0.6 is 11.6 Å². The fourth-order valence-electron chi connectivity index (χ4n) is 2.10. The highest BCUT2D eigenvalue weighted by atomic mass is 35.5. The quantitative estimate of drug-likeness (QED) is 0.492. The van der Waals surface area contributed by atoms with E-state index in [2.05, 4.69) is 4.98 Å². The molecule has 0 atom stereocenters. The van der Waals surface area contributed by atoms with Crippen molar-refractivity contribution in [2.75, 3.05) is 6.61 Å². The first-order valence-corrected chi connectivity index (χ1v) is 6.87. The Kier molecular flexibility index (Phi) is 4.65. The first kappa shape index (κ1) is 16.5. The Hall–Kier alpha value is -2.87. The summed E-state index contributed by atoms with van der Waals surface area (Å²) in [5.74, 6) is -1.44. The Morgan fingerprint density at radius 2 is 2.13 bits per heavy atom. The van der Waals surface area contributed by atoms with E-state index in [-0.39, 0.29) is 34.1 Å². The van der Waals surface area contributed by atoms with E-state index in [0.717, 1.165) is 0 Å². The Balaban J connectivity index is 2.63. The molecule has 23 heavy (non-hydrogen) atoms. The number of aromatic amines is 1. The van der Waals surface area contributed by atoms with Crippen molar-refractivity contribution in [3.05, 3.63) is 50.8 Å². The van der Waals surface area contributed by atoms with Gasteiger partial charge in [-0.1, -0.05) is 11.6 Å². The molecule has 2 aromatic rings. The molecular weight excluding hydrogens is 326 g/mol. The summed E-state index contributed by atoms with van der Waals surface area (Å²) in [4.78, 5) is 36.3. The van der Waals surface area contributed by atoms with Gasteiger partial charge in [0.05, 0.1) is 17.1 Å². The van der Waals surface area contributed by atoms with E-state index in [0.29, 0.717) is 5.56 Å². The number of nitro groups is 1. The molecule has 1 aromatic carbocycles. The summed E-state index contributed by atoms with van der Waals surface area (Å²) in [5, 5.41) is 10.7. The minimum Gasteiger partial charge on any atom is -0.462 e. The predicted molar refractivity (Wildman–Crippen MR) is 82.4 cm³/mol. The highest BCUT2D eigenvalue weighted by Gasteiger charge is 2.24. The van der Waals surface area contributed by atoms with E-state index in [4.69, 9.17) is 22.1 Å². The summed E-state index contributed by atoms with van der Waals surface area (Å²) in [6, 6.07) is 3.85. The van der Waals surface area contributed by atoms with E-state index in [1.54, 1.807) is 6.92 Å². The topological polar surface area (TPSA) is 128 Å². The summed E-state index contributed by atoms with van der Waals surface area (Å²) in [6.45, 7) is 1.79. The highest BCUT2D eigenvalue weighted by molar-refractivity contribution is 6.33. The molecular formula is C14H12ClN3O5.